The molecule has 0 aliphatic carbocycles. The van der Waals surface area contributed by atoms with Gasteiger partial charge in [0.2, 0.25) is 0 Å². The van der Waals surface area contributed by atoms with Gasteiger partial charge < -0.3 is 15.4 Å². The predicted molar refractivity (Wildman–Crippen MR) is 125 cm³/mol. The molecule has 5 nitrogen and oxygen atoms in total. The fourth-order valence-corrected chi connectivity index (χ4v) is 3.43. The van der Waals surface area contributed by atoms with Crippen molar-refractivity contribution in [3.05, 3.63) is 65.7 Å². The highest BCUT2D eigenvalue weighted by Crippen LogP contribution is 2.18. The number of hydrogen-bond acceptors (Lipinski definition) is 3. The van der Waals surface area contributed by atoms with Crippen molar-refractivity contribution in [1.82, 2.24) is 10.6 Å². The Morgan fingerprint density at radius 1 is 1.03 bits per heavy atom. The van der Waals surface area contributed by atoms with Gasteiger partial charge in [0.1, 0.15) is 5.75 Å². The molecule has 10 heteroatoms. The molecule has 166 valence electrons. The first-order valence-corrected chi connectivity index (χ1v) is 10.5. The molecular weight excluding hydrogens is 530 g/mol. The molecule has 1 atom stereocenters. The molecule has 0 heterocycles. The summed E-state index contributed by atoms with van der Waals surface area (Å²) in [7, 11) is 0.649. The average Bonchev–Trinajstić information content (AvgIpc) is 2.70. The zero-order valence-corrected chi connectivity index (χ0v) is 19.6. The van der Waals surface area contributed by atoms with Crippen molar-refractivity contribution in [2.75, 3.05) is 26.0 Å². The van der Waals surface area contributed by atoms with Crippen LogP contribution in [0.25, 0.3) is 0 Å². The Balaban J connectivity index is 0.00000450. The highest BCUT2D eigenvalue weighted by Gasteiger charge is 2.28. The van der Waals surface area contributed by atoms with Crippen LogP contribution in [-0.2, 0) is 23.1 Å². The third-order valence-corrected chi connectivity index (χ3v) is 5.12. The van der Waals surface area contributed by atoms with Gasteiger partial charge in [0.25, 0.3) is 0 Å². The monoisotopic (exact) mass is 555 g/mol. The second-order valence-corrected chi connectivity index (χ2v) is 7.75. The Morgan fingerprint density at radius 3 is 2.30 bits per heavy atom. The first kappa shape index (κ1) is 26.2. The molecule has 1 unspecified atom stereocenters. The minimum Gasteiger partial charge on any atom is -0.484 e. The Bertz CT molecular complexity index is 803. The van der Waals surface area contributed by atoms with E-state index in [1.165, 1.54) is 12.1 Å². The van der Waals surface area contributed by atoms with Gasteiger partial charge in [-0.25, -0.2) is 0 Å². The van der Waals surface area contributed by atoms with Gasteiger partial charge in [-0.05, 0) is 23.3 Å². The number of benzene rings is 2. The molecule has 0 spiro atoms. The average molecular weight is 555 g/mol. The smallest absolute Gasteiger partial charge is 0.422 e. The third-order valence-electron chi connectivity index (χ3n) is 3.80. The summed E-state index contributed by atoms with van der Waals surface area (Å²) in [5.41, 5.74) is 1.90. The molecule has 0 amide bonds. The molecule has 0 bridgehead atoms. The van der Waals surface area contributed by atoms with E-state index in [1.807, 2.05) is 30.3 Å². The van der Waals surface area contributed by atoms with E-state index < -0.39 is 23.6 Å². The van der Waals surface area contributed by atoms with Crippen LogP contribution in [0, 0.1) is 0 Å². The molecule has 2 N–H and O–H groups in total. The quantitative estimate of drug-likeness (QED) is 0.281. The van der Waals surface area contributed by atoms with Crippen LogP contribution in [0.15, 0.2) is 59.6 Å². The van der Waals surface area contributed by atoms with E-state index in [0.717, 1.165) is 11.1 Å². The molecule has 0 saturated carbocycles. The summed E-state index contributed by atoms with van der Waals surface area (Å²) >= 11 is 0. The summed E-state index contributed by atoms with van der Waals surface area (Å²) in [6, 6.07) is 16.0. The number of aliphatic imine (C=N–C) groups is 1. The van der Waals surface area contributed by atoms with Gasteiger partial charge in [-0.1, -0.05) is 42.5 Å². The van der Waals surface area contributed by atoms with Crippen molar-refractivity contribution in [1.29, 1.82) is 0 Å². The van der Waals surface area contributed by atoms with E-state index in [2.05, 4.69) is 20.4 Å². The van der Waals surface area contributed by atoms with E-state index in [-0.39, 0.29) is 29.7 Å². The fraction of sp³-hybridized carbons (Fsp3) is 0.350. The van der Waals surface area contributed by atoms with Crippen LogP contribution in [0.2, 0.25) is 0 Å². The zero-order valence-electron chi connectivity index (χ0n) is 16.4. The molecule has 2 aromatic rings. The SMILES string of the molecule is CN=C(NCCS(=O)Cc1ccccc1)NCc1ccc(OCC(F)(F)F)cc1.I. The summed E-state index contributed by atoms with van der Waals surface area (Å²) in [6.45, 7) is -0.373. The molecule has 0 aromatic heterocycles. The number of nitrogens with one attached hydrogen (secondary N) is 2. The first-order chi connectivity index (χ1) is 13.9. The van der Waals surface area contributed by atoms with Crippen molar-refractivity contribution in [2.24, 2.45) is 4.99 Å². The van der Waals surface area contributed by atoms with Crippen molar-refractivity contribution in [2.45, 2.75) is 18.5 Å². The summed E-state index contributed by atoms with van der Waals surface area (Å²) in [4.78, 5) is 4.10. The molecule has 0 saturated heterocycles. The van der Waals surface area contributed by atoms with Gasteiger partial charge in [0.15, 0.2) is 12.6 Å². The van der Waals surface area contributed by atoms with Crippen LogP contribution in [0.3, 0.4) is 0 Å². The highest BCUT2D eigenvalue weighted by atomic mass is 127. The van der Waals surface area contributed by atoms with E-state index in [0.29, 0.717) is 30.6 Å². The molecule has 30 heavy (non-hydrogen) atoms. The predicted octanol–water partition coefficient (Wildman–Crippen LogP) is 3.86. The van der Waals surface area contributed by atoms with Gasteiger partial charge in [-0.3, -0.25) is 9.20 Å². The summed E-state index contributed by atoms with van der Waals surface area (Å²) < 4.78 is 53.3. The molecule has 0 aliphatic rings. The molecule has 0 fully saturated rings. The normalized spacial score (nSPS) is 12.6. The maximum Gasteiger partial charge on any atom is 0.422 e. The molecule has 0 radical (unpaired) electrons. The summed E-state index contributed by atoms with van der Waals surface area (Å²) in [5, 5.41) is 6.20. The number of guanidine groups is 1. The molecular formula is C20H25F3IN3O2S. The lowest BCUT2D eigenvalue weighted by atomic mass is 10.2. The Labute approximate surface area is 194 Å². The van der Waals surface area contributed by atoms with Crippen molar-refractivity contribution < 1.29 is 22.1 Å². The van der Waals surface area contributed by atoms with Crippen LogP contribution >= 0.6 is 24.0 Å². The molecule has 2 rings (SSSR count). The van der Waals surface area contributed by atoms with Crippen molar-refractivity contribution in [3.8, 4) is 5.75 Å². The van der Waals surface area contributed by atoms with Crippen molar-refractivity contribution >= 4 is 40.7 Å². The van der Waals surface area contributed by atoms with E-state index in [1.54, 1.807) is 19.2 Å². The van der Waals surface area contributed by atoms with E-state index >= 15 is 0 Å². The standard InChI is InChI=1S/C20H24F3N3O2S.HI/c1-24-19(25-11-12-29(27)14-17-5-3-2-4-6-17)26-13-16-7-9-18(10-8-16)28-15-20(21,22)23;/h2-10H,11-15H2,1H3,(H2,24,25,26);1H. The summed E-state index contributed by atoms with van der Waals surface area (Å²) in [6.07, 6.45) is -4.36. The molecule has 2 aromatic carbocycles. The third kappa shape index (κ3) is 10.8. The van der Waals surface area contributed by atoms with Crippen LogP contribution in [0.1, 0.15) is 11.1 Å². The Kier molecular flexibility index (Phi) is 11.8. The van der Waals surface area contributed by atoms with Crippen LogP contribution < -0.4 is 15.4 Å². The summed E-state index contributed by atoms with van der Waals surface area (Å²) in [5.74, 6) is 1.71. The van der Waals surface area contributed by atoms with Gasteiger partial charge >= 0.3 is 6.18 Å². The topological polar surface area (TPSA) is 62.7 Å². The number of hydrogen-bond donors (Lipinski definition) is 2. The van der Waals surface area contributed by atoms with E-state index in [4.69, 9.17) is 0 Å². The van der Waals surface area contributed by atoms with Crippen LogP contribution in [0.4, 0.5) is 13.2 Å². The van der Waals surface area contributed by atoms with Gasteiger partial charge in [0, 0.05) is 42.4 Å². The number of ether oxygens (including phenoxy) is 1. The number of nitrogens with zero attached hydrogens (tertiary/aromatic N) is 1. The van der Waals surface area contributed by atoms with Crippen molar-refractivity contribution in [3.63, 3.8) is 0 Å². The van der Waals surface area contributed by atoms with E-state index in [9.17, 15) is 17.4 Å². The lowest BCUT2D eigenvalue weighted by molar-refractivity contribution is -0.153. The fourth-order valence-electron chi connectivity index (χ4n) is 2.39. The van der Waals surface area contributed by atoms with Crippen LogP contribution in [-0.4, -0.2) is 42.3 Å². The maximum atomic E-state index is 12.2. The second kappa shape index (κ2) is 13.5. The minimum atomic E-state index is -4.36. The Hall–Kier alpha value is -1.82. The second-order valence-electron chi connectivity index (χ2n) is 6.17. The number of alkyl halides is 3. The first-order valence-electron chi connectivity index (χ1n) is 8.97. The van der Waals surface area contributed by atoms with Gasteiger partial charge in [-0.15, -0.1) is 24.0 Å². The number of rotatable bonds is 9. The maximum absolute atomic E-state index is 12.2. The van der Waals surface area contributed by atoms with Gasteiger partial charge in [-0.2, -0.15) is 13.2 Å². The number of halogens is 4. The zero-order chi connectivity index (χ0) is 21.1. The lowest BCUT2D eigenvalue weighted by Crippen LogP contribution is -2.38. The van der Waals surface area contributed by atoms with Crippen LogP contribution in [0.5, 0.6) is 5.75 Å². The van der Waals surface area contributed by atoms with Gasteiger partial charge in [0.05, 0.1) is 0 Å². The molecule has 0 aliphatic heterocycles. The lowest BCUT2D eigenvalue weighted by Gasteiger charge is -2.13. The Morgan fingerprint density at radius 2 is 1.70 bits per heavy atom. The minimum absolute atomic E-state index is 0. The largest absolute Gasteiger partial charge is 0.484 e. The highest BCUT2D eigenvalue weighted by molar-refractivity contribution is 14.0.